The van der Waals surface area contributed by atoms with Crippen molar-refractivity contribution in [1.29, 1.82) is 0 Å². The molecule has 0 unspecified atom stereocenters. The maximum absolute atomic E-state index is 12.3. The van der Waals surface area contributed by atoms with E-state index < -0.39 is 6.61 Å². The van der Waals surface area contributed by atoms with Crippen LogP contribution in [0, 0.1) is 0 Å². The maximum Gasteiger partial charge on any atom is 0.387 e. The molecule has 1 amide bonds. The highest BCUT2D eigenvalue weighted by Gasteiger charge is 2.14. The van der Waals surface area contributed by atoms with E-state index in [1.807, 2.05) is 54.6 Å². The number of amides is 1. The third-order valence-electron chi connectivity index (χ3n) is 4.61. The van der Waals surface area contributed by atoms with Crippen LogP contribution >= 0.6 is 11.8 Å². The number of nitrogens with zero attached hydrogens (tertiary/aromatic N) is 3. The molecule has 0 saturated carbocycles. The van der Waals surface area contributed by atoms with Crippen molar-refractivity contribution in [2.24, 2.45) is 0 Å². The van der Waals surface area contributed by atoms with Crippen molar-refractivity contribution in [3.63, 3.8) is 0 Å². The number of alkyl halides is 2. The SMILES string of the molecule is Nn1c(SCC(=O)Nc2ccc(-c3ccccc3)cc2)nnc1-c1ccc(OC(F)F)cc1. The number of anilines is 1. The summed E-state index contributed by atoms with van der Waals surface area (Å²) >= 11 is 1.13. The first-order chi connectivity index (χ1) is 16.0. The van der Waals surface area contributed by atoms with Gasteiger partial charge in [-0.1, -0.05) is 54.2 Å². The molecule has 0 aliphatic heterocycles. The lowest BCUT2D eigenvalue weighted by atomic mass is 10.1. The van der Waals surface area contributed by atoms with Crippen molar-refractivity contribution in [3.05, 3.63) is 78.9 Å². The highest BCUT2D eigenvalue weighted by molar-refractivity contribution is 7.99. The average molecular weight is 468 g/mol. The normalized spacial score (nSPS) is 10.9. The van der Waals surface area contributed by atoms with E-state index in [9.17, 15) is 13.6 Å². The van der Waals surface area contributed by atoms with Gasteiger partial charge in [0.1, 0.15) is 5.75 Å². The molecule has 3 N–H and O–H groups in total. The first-order valence-electron chi connectivity index (χ1n) is 9.83. The van der Waals surface area contributed by atoms with Gasteiger partial charge in [-0.2, -0.15) is 8.78 Å². The fourth-order valence-electron chi connectivity index (χ4n) is 3.06. The molecule has 0 saturated heterocycles. The van der Waals surface area contributed by atoms with Crippen LogP contribution in [0.3, 0.4) is 0 Å². The Morgan fingerprint density at radius 2 is 1.58 bits per heavy atom. The van der Waals surface area contributed by atoms with Crippen molar-refractivity contribution in [2.75, 3.05) is 16.9 Å². The third kappa shape index (κ3) is 5.66. The van der Waals surface area contributed by atoms with E-state index in [1.54, 1.807) is 12.1 Å². The maximum atomic E-state index is 12.3. The number of nitrogens with two attached hydrogens (primary N) is 1. The number of carbonyl (C=O) groups is 1. The standard InChI is InChI=1S/C23H19F2N5O2S/c24-22(25)32-19-12-8-17(9-13-19)21-28-29-23(30(21)26)33-14-20(31)27-18-10-6-16(7-11-18)15-4-2-1-3-5-15/h1-13,22H,14,26H2,(H,27,31). The van der Waals surface area contributed by atoms with Gasteiger partial charge in [0.2, 0.25) is 11.1 Å². The van der Waals surface area contributed by atoms with E-state index in [0.717, 1.165) is 22.9 Å². The number of halogens is 2. The zero-order valence-corrected chi connectivity index (χ0v) is 18.0. The molecule has 4 rings (SSSR count). The Morgan fingerprint density at radius 3 is 2.24 bits per heavy atom. The van der Waals surface area contributed by atoms with Crippen LogP contribution in [0.1, 0.15) is 0 Å². The van der Waals surface area contributed by atoms with Gasteiger partial charge in [0.05, 0.1) is 5.75 Å². The van der Waals surface area contributed by atoms with E-state index in [2.05, 4.69) is 20.3 Å². The van der Waals surface area contributed by atoms with E-state index >= 15 is 0 Å². The van der Waals surface area contributed by atoms with Crippen molar-refractivity contribution in [2.45, 2.75) is 11.8 Å². The summed E-state index contributed by atoms with van der Waals surface area (Å²) in [5.74, 6) is 6.28. The van der Waals surface area contributed by atoms with Crippen molar-refractivity contribution >= 4 is 23.4 Å². The molecular formula is C23H19F2N5O2S. The van der Waals surface area contributed by atoms with Crippen molar-refractivity contribution in [3.8, 4) is 28.3 Å². The summed E-state index contributed by atoms with van der Waals surface area (Å²) in [5.41, 5.74) is 3.41. The zero-order valence-electron chi connectivity index (χ0n) is 17.2. The zero-order chi connectivity index (χ0) is 23.2. The molecule has 168 valence electrons. The Kier molecular flexibility index (Phi) is 6.84. The van der Waals surface area contributed by atoms with Crippen LogP contribution in [0.5, 0.6) is 5.75 Å². The third-order valence-corrected chi connectivity index (χ3v) is 5.55. The predicted molar refractivity (Wildman–Crippen MR) is 123 cm³/mol. The van der Waals surface area contributed by atoms with Gasteiger partial charge in [-0.3, -0.25) is 4.79 Å². The van der Waals surface area contributed by atoms with Crippen LogP contribution in [0.2, 0.25) is 0 Å². The summed E-state index contributed by atoms with van der Waals surface area (Å²) in [6, 6.07) is 23.4. The minimum atomic E-state index is -2.90. The molecule has 1 aromatic heterocycles. The summed E-state index contributed by atoms with van der Waals surface area (Å²) in [7, 11) is 0. The van der Waals surface area contributed by atoms with E-state index in [-0.39, 0.29) is 17.4 Å². The molecule has 7 nitrogen and oxygen atoms in total. The first-order valence-corrected chi connectivity index (χ1v) is 10.8. The van der Waals surface area contributed by atoms with Crippen LogP contribution in [-0.2, 0) is 4.79 Å². The number of hydrogen-bond acceptors (Lipinski definition) is 6. The second kappa shape index (κ2) is 10.1. The lowest BCUT2D eigenvalue weighted by Gasteiger charge is -2.07. The fourth-order valence-corrected chi connectivity index (χ4v) is 3.72. The summed E-state index contributed by atoms with van der Waals surface area (Å²) in [5, 5.41) is 11.2. The Bertz CT molecular complexity index is 1220. The van der Waals surface area contributed by atoms with Gasteiger partial charge in [0.25, 0.3) is 0 Å². The van der Waals surface area contributed by atoms with E-state index in [0.29, 0.717) is 22.2 Å². The smallest absolute Gasteiger partial charge is 0.387 e. The Hall–Kier alpha value is -3.92. The lowest BCUT2D eigenvalue weighted by Crippen LogP contribution is -2.16. The highest BCUT2D eigenvalue weighted by Crippen LogP contribution is 2.25. The monoisotopic (exact) mass is 467 g/mol. The molecule has 0 radical (unpaired) electrons. The molecule has 0 fully saturated rings. The molecule has 0 bridgehead atoms. The number of rotatable bonds is 8. The molecule has 10 heteroatoms. The number of benzene rings is 3. The second-order valence-electron chi connectivity index (χ2n) is 6.86. The Balaban J connectivity index is 1.34. The minimum absolute atomic E-state index is 0.0277. The number of nitrogen functional groups attached to an aromatic ring is 1. The molecule has 1 heterocycles. The summed E-state index contributed by atoms with van der Waals surface area (Å²) in [6.07, 6.45) is 0. The molecule has 0 aliphatic carbocycles. The van der Waals surface area contributed by atoms with Crippen LogP contribution in [0.4, 0.5) is 14.5 Å². The number of carbonyl (C=O) groups excluding carboxylic acids is 1. The van der Waals surface area contributed by atoms with E-state index in [4.69, 9.17) is 5.84 Å². The minimum Gasteiger partial charge on any atom is -0.435 e. The molecule has 0 spiro atoms. The molecule has 0 aliphatic rings. The van der Waals surface area contributed by atoms with Gasteiger partial charge in [0.15, 0.2) is 5.82 Å². The number of aromatic nitrogens is 3. The quantitative estimate of drug-likeness (QED) is 0.289. The van der Waals surface area contributed by atoms with Crippen molar-refractivity contribution < 1.29 is 18.3 Å². The van der Waals surface area contributed by atoms with Gasteiger partial charge >= 0.3 is 6.61 Å². The highest BCUT2D eigenvalue weighted by atomic mass is 32.2. The van der Waals surface area contributed by atoms with E-state index in [1.165, 1.54) is 16.8 Å². The van der Waals surface area contributed by atoms with Crippen LogP contribution in [0.25, 0.3) is 22.5 Å². The molecule has 0 atom stereocenters. The topological polar surface area (TPSA) is 95.1 Å². The van der Waals surface area contributed by atoms with Gasteiger partial charge in [-0.25, -0.2) is 4.68 Å². The summed E-state index contributed by atoms with van der Waals surface area (Å²) < 4.78 is 30.1. The van der Waals surface area contributed by atoms with Gasteiger partial charge in [0, 0.05) is 11.3 Å². The van der Waals surface area contributed by atoms with Gasteiger partial charge in [-0.05, 0) is 47.5 Å². The number of thioether (sulfide) groups is 1. The van der Waals surface area contributed by atoms with Crippen LogP contribution < -0.4 is 15.9 Å². The van der Waals surface area contributed by atoms with Crippen LogP contribution in [0.15, 0.2) is 84.0 Å². The Labute approximate surface area is 192 Å². The molecular weight excluding hydrogens is 448 g/mol. The summed E-state index contributed by atoms with van der Waals surface area (Å²) in [6.45, 7) is -2.90. The molecule has 4 aromatic rings. The largest absolute Gasteiger partial charge is 0.435 e. The van der Waals surface area contributed by atoms with Crippen LogP contribution in [-0.4, -0.2) is 33.1 Å². The fraction of sp³-hybridized carbons (Fsp3) is 0.0870. The predicted octanol–water partition coefficient (Wildman–Crippen LogP) is 4.66. The number of ether oxygens (including phenoxy) is 1. The second-order valence-corrected chi connectivity index (χ2v) is 7.80. The lowest BCUT2D eigenvalue weighted by molar-refractivity contribution is -0.113. The molecule has 33 heavy (non-hydrogen) atoms. The van der Waals surface area contributed by atoms with Crippen molar-refractivity contribution in [1.82, 2.24) is 14.9 Å². The number of nitrogens with one attached hydrogen (secondary N) is 1. The first kappa shape index (κ1) is 22.3. The van der Waals surface area contributed by atoms with Gasteiger partial charge < -0.3 is 15.9 Å². The summed E-state index contributed by atoms with van der Waals surface area (Å²) in [4.78, 5) is 12.3. The van der Waals surface area contributed by atoms with Gasteiger partial charge in [-0.15, -0.1) is 10.2 Å². The average Bonchev–Trinajstić information content (AvgIpc) is 3.19. The Morgan fingerprint density at radius 1 is 0.939 bits per heavy atom. The number of hydrogen-bond donors (Lipinski definition) is 2. The molecule has 3 aromatic carbocycles.